The molecule has 1 aromatic heterocycles. The molecule has 1 saturated carbocycles. The Hall–Kier alpha value is -2.06. The smallest absolute Gasteiger partial charge is 0.410 e. The molecule has 1 aliphatic carbocycles. The number of amides is 1. The molecular formula is C21H28N4O3S. The molecule has 3 heterocycles. The number of carbonyl (C=O) groups excluding carboxylic acids is 1. The van der Waals surface area contributed by atoms with E-state index in [1.165, 1.54) is 5.56 Å². The first kappa shape index (κ1) is 18.9. The van der Waals surface area contributed by atoms with Crippen molar-refractivity contribution in [2.75, 3.05) is 18.5 Å². The van der Waals surface area contributed by atoms with Gasteiger partial charge in [0.25, 0.3) is 0 Å². The number of rotatable bonds is 2. The summed E-state index contributed by atoms with van der Waals surface area (Å²) in [4.78, 5) is 19.6. The minimum absolute atomic E-state index is 0.0303. The molecule has 0 radical (unpaired) electrons. The number of hydrogen-bond acceptors (Lipinski definition) is 7. The van der Waals surface area contributed by atoms with Gasteiger partial charge in [0.05, 0.1) is 28.4 Å². The Balaban J connectivity index is 1.41. The third kappa shape index (κ3) is 3.22. The molecule has 7 nitrogen and oxygen atoms in total. The highest BCUT2D eigenvalue weighted by molar-refractivity contribution is 7.22. The molecule has 8 heteroatoms. The largest absolute Gasteiger partial charge is 0.493 e. The van der Waals surface area contributed by atoms with Crippen molar-refractivity contribution in [2.24, 2.45) is 5.73 Å². The summed E-state index contributed by atoms with van der Waals surface area (Å²) in [5.41, 5.74) is 7.96. The average molecular weight is 417 g/mol. The van der Waals surface area contributed by atoms with E-state index < -0.39 is 5.60 Å². The minimum atomic E-state index is -0.509. The fourth-order valence-corrected chi connectivity index (χ4v) is 5.57. The monoisotopic (exact) mass is 416 g/mol. The van der Waals surface area contributed by atoms with Gasteiger partial charge in [0.1, 0.15) is 11.4 Å². The maximum Gasteiger partial charge on any atom is 0.410 e. The lowest BCUT2D eigenvalue weighted by atomic mass is 9.90. The number of benzene rings is 1. The van der Waals surface area contributed by atoms with Gasteiger partial charge in [0.2, 0.25) is 0 Å². The zero-order valence-electron chi connectivity index (χ0n) is 17.2. The van der Waals surface area contributed by atoms with Gasteiger partial charge in [0.15, 0.2) is 5.13 Å². The number of hydrogen-bond donors (Lipinski definition) is 2. The molecule has 2 fully saturated rings. The fraction of sp³-hybridized carbons (Fsp3) is 0.619. The highest BCUT2D eigenvalue weighted by Crippen LogP contribution is 2.50. The SMILES string of the molecule is CC(C)(C)OC(=O)N1CC[C@@H](N)[C@H](Nc2nc3c4c(ccc3s2)OCC4)C12CC2. The topological polar surface area (TPSA) is 89.7 Å². The van der Waals surface area contributed by atoms with Crippen molar-refractivity contribution < 1.29 is 14.3 Å². The van der Waals surface area contributed by atoms with Gasteiger partial charge in [-0.2, -0.15) is 0 Å². The van der Waals surface area contributed by atoms with E-state index in [9.17, 15) is 4.79 Å². The number of likely N-dealkylation sites (tertiary alicyclic amines) is 1. The number of ether oxygens (including phenoxy) is 2. The molecule has 1 saturated heterocycles. The summed E-state index contributed by atoms with van der Waals surface area (Å²) in [6.45, 7) is 7.06. The summed E-state index contributed by atoms with van der Waals surface area (Å²) in [5, 5.41) is 4.46. The van der Waals surface area contributed by atoms with Crippen LogP contribution in [0.1, 0.15) is 45.6 Å². The van der Waals surface area contributed by atoms with Crippen LogP contribution in [0.4, 0.5) is 9.93 Å². The number of aromatic nitrogens is 1. The lowest BCUT2D eigenvalue weighted by molar-refractivity contribution is 0.00159. The predicted molar refractivity (Wildman–Crippen MR) is 114 cm³/mol. The van der Waals surface area contributed by atoms with E-state index in [2.05, 4.69) is 11.4 Å². The second-order valence-corrected chi connectivity index (χ2v) is 10.3. The lowest BCUT2D eigenvalue weighted by Gasteiger charge is -2.45. The Morgan fingerprint density at radius 2 is 2.21 bits per heavy atom. The number of carbonyl (C=O) groups is 1. The van der Waals surface area contributed by atoms with Crippen LogP contribution in [0.3, 0.4) is 0 Å². The Labute approximate surface area is 174 Å². The van der Waals surface area contributed by atoms with Crippen LogP contribution in [0.5, 0.6) is 5.75 Å². The maximum atomic E-state index is 12.9. The zero-order chi connectivity index (χ0) is 20.4. The lowest BCUT2D eigenvalue weighted by Crippen LogP contribution is -2.64. The van der Waals surface area contributed by atoms with Gasteiger partial charge in [-0.1, -0.05) is 11.3 Å². The standard InChI is InChI=1S/C21H28N4O3S/c1-20(2,3)28-19(26)25-10-6-13(22)17(21(25)8-9-21)24-18-23-16-12-7-11-27-14(12)4-5-15(16)29-18/h4-5,13,17H,6-11,22H2,1-3H3,(H,23,24)/t13-,17+/m1/s1. The van der Waals surface area contributed by atoms with Crippen molar-refractivity contribution >= 4 is 32.8 Å². The quantitative estimate of drug-likeness (QED) is 0.779. The summed E-state index contributed by atoms with van der Waals surface area (Å²) in [5.74, 6) is 0.943. The number of anilines is 1. The highest BCUT2D eigenvalue weighted by atomic mass is 32.1. The Bertz CT molecular complexity index is 963. The predicted octanol–water partition coefficient (Wildman–Crippen LogP) is 3.51. The zero-order valence-corrected chi connectivity index (χ0v) is 18.0. The summed E-state index contributed by atoms with van der Waals surface area (Å²) in [6, 6.07) is 4.04. The number of nitrogens with zero attached hydrogens (tertiary/aromatic N) is 2. The molecule has 5 rings (SSSR count). The van der Waals surface area contributed by atoms with Crippen LogP contribution in [-0.4, -0.2) is 52.4 Å². The van der Waals surface area contributed by atoms with Crippen LogP contribution in [-0.2, 0) is 11.2 Å². The molecule has 3 aliphatic rings. The molecule has 1 amide bonds. The van der Waals surface area contributed by atoms with E-state index in [-0.39, 0.29) is 23.7 Å². The number of piperidine rings is 1. The molecule has 0 unspecified atom stereocenters. The molecule has 1 spiro atoms. The van der Waals surface area contributed by atoms with Gasteiger partial charge >= 0.3 is 6.09 Å². The Kier molecular flexibility index (Phi) is 4.22. The number of nitrogens with one attached hydrogen (secondary N) is 1. The van der Waals surface area contributed by atoms with Crippen molar-refractivity contribution in [3.05, 3.63) is 17.7 Å². The second kappa shape index (κ2) is 6.47. The van der Waals surface area contributed by atoms with E-state index in [1.54, 1.807) is 11.3 Å². The molecule has 29 heavy (non-hydrogen) atoms. The highest BCUT2D eigenvalue weighted by Gasteiger charge is 2.60. The van der Waals surface area contributed by atoms with Crippen molar-refractivity contribution in [1.82, 2.24) is 9.88 Å². The Morgan fingerprint density at radius 1 is 1.41 bits per heavy atom. The molecule has 2 atom stereocenters. The van der Waals surface area contributed by atoms with E-state index in [0.717, 1.165) is 53.4 Å². The second-order valence-electron chi connectivity index (χ2n) is 9.32. The van der Waals surface area contributed by atoms with Gasteiger partial charge in [0, 0.05) is 24.6 Å². The van der Waals surface area contributed by atoms with Crippen LogP contribution < -0.4 is 15.8 Å². The van der Waals surface area contributed by atoms with Gasteiger partial charge in [-0.05, 0) is 52.2 Å². The first-order chi connectivity index (χ1) is 13.8. The van der Waals surface area contributed by atoms with E-state index in [1.807, 2.05) is 31.7 Å². The van der Waals surface area contributed by atoms with Crippen LogP contribution >= 0.6 is 11.3 Å². The van der Waals surface area contributed by atoms with Crippen molar-refractivity contribution in [1.29, 1.82) is 0 Å². The summed E-state index contributed by atoms with van der Waals surface area (Å²) >= 11 is 1.64. The third-order valence-corrected chi connectivity index (χ3v) is 7.07. The van der Waals surface area contributed by atoms with E-state index in [0.29, 0.717) is 6.54 Å². The van der Waals surface area contributed by atoms with E-state index in [4.69, 9.17) is 20.2 Å². The molecule has 3 N–H and O–H groups in total. The number of nitrogens with two attached hydrogens (primary N) is 1. The third-order valence-electron chi connectivity index (χ3n) is 6.12. The first-order valence-electron chi connectivity index (χ1n) is 10.3. The van der Waals surface area contributed by atoms with Crippen molar-refractivity contribution in [2.45, 2.75) is 69.7 Å². The molecule has 1 aromatic carbocycles. The van der Waals surface area contributed by atoms with Gasteiger partial charge in [-0.25, -0.2) is 9.78 Å². The molecule has 2 aliphatic heterocycles. The maximum absolute atomic E-state index is 12.9. The number of thiazole rings is 1. The van der Waals surface area contributed by atoms with Crippen LogP contribution in [0.2, 0.25) is 0 Å². The molecule has 2 aromatic rings. The first-order valence-corrected chi connectivity index (χ1v) is 11.2. The van der Waals surface area contributed by atoms with Crippen molar-refractivity contribution in [3.8, 4) is 5.75 Å². The normalized spacial score (nSPS) is 25.0. The van der Waals surface area contributed by atoms with Crippen molar-refractivity contribution in [3.63, 3.8) is 0 Å². The fourth-order valence-electron chi connectivity index (χ4n) is 4.64. The van der Waals surface area contributed by atoms with Crippen LogP contribution in [0, 0.1) is 0 Å². The number of fused-ring (bicyclic) bond motifs is 3. The summed E-state index contributed by atoms with van der Waals surface area (Å²) < 4.78 is 12.5. The minimum Gasteiger partial charge on any atom is -0.493 e. The molecule has 156 valence electrons. The van der Waals surface area contributed by atoms with Gasteiger partial charge in [-0.3, -0.25) is 0 Å². The molecule has 0 bridgehead atoms. The van der Waals surface area contributed by atoms with Crippen LogP contribution in [0.25, 0.3) is 10.2 Å². The van der Waals surface area contributed by atoms with Gasteiger partial charge in [-0.15, -0.1) is 0 Å². The summed E-state index contributed by atoms with van der Waals surface area (Å²) in [6.07, 6.45) is 3.27. The van der Waals surface area contributed by atoms with Crippen LogP contribution in [0.15, 0.2) is 12.1 Å². The van der Waals surface area contributed by atoms with E-state index >= 15 is 0 Å². The average Bonchev–Trinajstić information content (AvgIpc) is 3.08. The molecular weight excluding hydrogens is 388 g/mol. The van der Waals surface area contributed by atoms with Gasteiger partial charge < -0.3 is 25.4 Å². The Morgan fingerprint density at radius 3 is 2.93 bits per heavy atom. The summed E-state index contributed by atoms with van der Waals surface area (Å²) in [7, 11) is 0.